The normalized spacial score (nSPS) is 11.3. The largest absolute Gasteiger partial charge is 0.505 e. The SMILES string of the molecule is Cc1ccc(OOP(=O)(O)O)c(-c2ccccc2)c1-c1ccccc1. The molecule has 2 N–H and O–H groups in total. The molecule has 0 aliphatic carbocycles. The van der Waals surface area contributed by atoms with E-state index in [-0.39, 0.29) is 5.75 Å². The molecular formula is C19H17O5P. The second-order valence-electron chi connectivity index (χ2n) is 5.51. The molecule has 0 saturated carbocycles. The maximum Gasteiger partial charge on any atom is 0.505 e. The molecule has 6 heteroatoms. The van der Waals surface area contributed by atoms with Crippen molar-refractivity contribution in [3.63, 3.8) is 0 Å². The van der Waals surface area contributed by atoms with E-state index < -0.39 is 7.82 Å². The molecular weight excluding hydrogens is 339 g/mol. The minimum atomic E-state index is -4.76. The van der Waals surface area contributed by atoms with Crippen LogP contribution < -0.4 is 4.89 Å². The Bertz CT molecular complexity index is 904. The van der Waals surface area contributed by atoms with Crippen molar-refractivity contribution in [3.8, 4) is 28.0 Å². The molecule has 0 aromatic heterocycles. The van der Waals surface area contributed by atoms with Gasteiger partial charge in [0.25, 0.3) is 0 Å². The number of aryl methyl sites for hydroxylation is 1. The summed E-state index contributed by atoms with van der Waals surface area (Å²) in [7, 11) is -4.76. The molecule has 0 aliphatic heterocycles. The summed E-state index contributed by atoms with van der Waals surface area (Å²) < 4.78 is 15.3. The Morgan fingerprint density at radius 2 is 1.28 bits per heavy atom. The third kappa shape index (κ3) is 4.16. The highest BCUT2D eigenvalue weighted by Gasteiger charge is 2.21. The number of phosphoric acid groups is 1. The van der Waals surface area contributed by atoms with E-state index in [1.165, 1.54) is 0 Å². The first-order valence-electron chi connectivity index (χ1n) is 7.62. The first-order chi connectivity index (χ1) is 12.0. The van der Waals surface area contributed by atoms with Crippen molar-refractivity contribution < 1.29 is 23.9 Å². The van der Waals surface area contributed by atoms with Crippen LogP contribution in [0.1, 0.15) is 5.56 Å². The summed E-state index contributed by atoms with van der Waals surface area (Å²) in [6.45, 7) is 1.97. The van der Waals surface area contributed by atoms with Gasteiger partial charge in [0.1, 0.15) is 0 Å². The summed E-state index contributed by atoms with van der Waals surface area (Å²) >= 11 is 0. The second kappa shape index (κ2) is 7.21. The quantitative estimate of drug-likeness (QED) is 0.393. The molecule has 0 bridgehead atoms. The zero-order valence-corrected chi connectivity index (χ0v) is 14.4. The van der Waals surface area contributed by atoms with Gasteiger partial charge in [-0.3, -0.25) is 0 Å². The van der Waals surface area contributed by atoms with Crippen molar-refractivity contribution in [2.45, 2.75) is 6.92 Å². The summed E-state index contributed by atoms with van der Waals surface area (Å²) in [5.74, 6) is 0.235. The van der Waals surface area contributed by atoms with Crippen molar-refractivity contribution in [1.82, 2.24) is 0 Å². The second-order valence-corrected chi connectivity index (χ2v) is 6.64. The van der Waals surface area contributed by atoms with Crippen molar-refractivity contribution in [3.05, 3.63) is 78.4 Å². The van der Waals surface area contributed by atoms with E-state index >= 15 is 0 Å². The minimum Gasteiger partial charge on any atom is -0.327 e. The average Bonchev–Trinajstić information content (AvgIpc) is 2.61. The van der Waals surface area contributed by atoms with Crippen LogP contribution in [-0.2, 0) is 9.24 Å². The molecule has 0 spiro atoms. The fraction of sp³-hybridized carbons (Fsp3) is 0.0526. The zero-order chi connectivity index (χ0) is 17.9. The topological polar surface area (TPSA) is 76.0 Å². The predicted octanol–water partition coefficient (Wildman–Crippen LogP) is 4.73. The molecule has 0 unspecified atom stereocenters. The molecule has 128 valence electrons. The molecule has 3 aromatic carbocycles. The first-order valence-corrected chi connectivity index (χ1v) is 9.15. The summed E-state index contributed by atoms with van der Waals surface area (Å²) in [6, 6.07) is 22.7. The Balaban J connectivity index is 2.21. The van der Waals surface area contributed by atoms with Gasteiger partial charge >= 0.3 is 7.82 Å². The number of rotatable bonds is 5. The molecule has 5 nitrogen and oxygen atoms in total. The van der Waals surface area contributed by atoms with Gasteiger partial charge in [0.2, 0.25) is 0 Å². The summed E-state index contributed by atoms with van der Waals surface area (Å²) in [4.78, 5) is 22.9. The number of hydrogen-bond donors (Lipinski definition) is 2. The Kier molecular flexibility index (Phi) is 5.02. The Morgan fingerprint density at radius 1 is 0.760 bits per heavy atom. The predicted molar refractivity (Wildman–Crippen MR) is 95.8 cm³/mol. The van der Waals surface area contributed by atoms with E-state index in [0.29, 0.717) is 5.56 Å². The van der Waals surface area contributed by atoms with Gasteiger partial charge in [0.15, 0.2) is 5.75 Å². The van der Waals surface area contributed by atoms with E-state index in [1.54, 1.807) is 6.07 Å². The molecule has 0 radical (unpaired) electrons. The standard InChI is InChI=1S/C19H17O5P/c1-14-12-13-17(23-24-25(20,21)22)19(16-10-6-3-7-11-16)18(14)15-8-4-2-5-9-15/h2-13H,1H3,(H2,20,21,22). The summed E-state index contributed by atoms with van der Waals surface area (Å²) in [6.07, 6.45) is 0. The monoisotopic (exact) mass is 356 g/mol. The van der Waals surface area contributed by atoms with E-state index in [0.717, 1.165) is 22.3 Å². The fourth-order valence-electron chi connectivity index (χ4n) is 2.71. The molecule has 3 rings (SSSR count). The van der Waals surface area contributed by atoms with Gasteiger partial charge in [0, 0.05) is 5.56 Å². The van der Waals surface area contributed by atoms with Crippen LogP contribution in [0.2, 0.25) is 0 Å². The van der Waals surface area contributed by atoms with Crippen molar-refractivity contribution in [2.75, 3.05) is 0 Å². The number of benzene rings is 3. The average molecular weight is 356 g/mol. The van der Waals surface area contributed by atoms with Crippen LogP contribution in [-0.4, -0.2) is 9.79 Å². The Morgan fingerprint density at radius 3 is 1.80 bits per heavy atom. The van der Waals surface area contributed by atoms with Gasteiger partial charge in [-0.1, -0.05) is 71.4 Å². The van der Waals surface area contributed by atoms with Gasteiger partial charge in [-0.2, -0.15) is 0 Å². The van der Waals surface area contributed by atoms with Crippen molar-refractivity contribution in [2.24, 2.45) is 0 Å². The van der Waals surface area contributed by atoms with E-state index in [2.05, 4.69) is 4.67 Å². The van der Waals surface area contributed by atoms with Crippen LogP contribution in [0.3, 0.4) is 0 Å². The van der Waals surface area contributed by atoms with Gasteiger partial charge in [-0.05, 0) is 35.2 Å². The lowest BCUT2D eigenvalue weighted by Crippen LogP contribution is -1.99. The van der Waals surface area contributed by atoms with Crippen molar-refractivity contribution >= 4 is 7.82 Å². The lowest BCUT2D eigenvalue weighted by Gasteiger charge is -2.17. The van der Waals surface area contributed by atoms with Gasteiger partial charge < -0.3 is 14.7 Å². The lowest BCUT2D eigenvalue weighted by molar-refractivity contribution is -0.122. The molecule has 0 amide bonds. The first kappa shape index (κ1) is 17.4. The highest BCUT2D eigenvalue weighted by molar-refractivity contribution is 7.46. The molecule has 0 saturated heterocycles. The van der Waals surface area contributed by atoms with Gasteiger partial charge in [-0.15, -0.1) is 0 Å². The van der Waals surface area contributed by atoms with Gasteiger partial charge in [-0.25, -0.2) is 4.57 Å². The summed E-state index contributed by atoms with van der Waals surface area (Å²) in [5.41, 5.74) is 4.46. The lowest BCUT2D eigenvalue weighted by atomic mass is 9.90. The molecule has 0 fully saturated rings. The van der Waals surface area contributed by atoms with Crippen LogP contribution >= 0.6 is 7.82 Å². The Labute approximate surface area is 145 Å². The third-order valence-electron chi connectivity index (χ3n) is 3.72. The highest BCUT2D eigenvalue weighted by Crippen LogP contribution is 2.44. The maximum absolute atomic E-state index is 11.0. The van der Waals surface area contributed by atoms with E-state index in [1.807, 2.05) is 73.7 Å². The molecule has 0 atom stereocenters. The third-order valence-corrected chi connectivity index (χ3v) is 3.99. The molecule has 0 heterocycles. The fourth-order valence-corrected chi connectivity index (χ4v) is 2.89. The molecule has 25 heavy (non-hydrogen) atoms. The number of hydrogen-bond acceptors (Lipinski definition) is 3. The smallest absolute Gasteiger partial charge is 0.327 e. The minimum absolute atomic E-state index is 0.235. The van der Waals surface area contributed by atoms with Gasteiger partial charge in [0.05, 0.1) is 0 Å². The zero-order valence-electron chi connectivity index (χ0n) is 13.5. The van der Waals surface area contributed by atoms with Crippen LogP contribution in [0.25, 0.3) is 22.3 Å². The van der Waals surface area contributed by atoms with E-state index in [9.17, 15) is 4.57 Å². The summed E-state index contributed by atoms with van der Waals surface area (Å²) in [5, 5.41) is 0. The highest BCUT2D eigenvalue weighted by atomic mass is 31.2. The van der Waals surface area contributed by atoms with E-state index in [4.69, 9.17) is 14.7 Å². The maximum atomic E-state index is 11.0. The van der Waals surface area contributed by atoms with Crippen LogP contribution in [0.15, 0.2) is 72.8 Å². The van der Waals surface area contributed by atoms with Crippen molar-refractivity contribution in [1.29, 1.82) is 0 Å². The van der Waals surface area contributed by atoms with Crippen LogP contribution in [0.5, 0.6) is 5.75 Å². The van der Waals surface area contributed by atoms with Crippen LogP contribution in [0, 0.1) is 6.92 Å². The molecule has 3 aromatic rings. The van der Waals surface area contributed by atoms with Crippen LogP contribution in [0.4, 0.5) is 0 Å². The molecule has 0 aliphatic rings. The Hall–Kier alpha value is -2.43.